The van der Waals surface area contributed by atoms with E-state index in [9.17, 15) is 9.59 Å². The number of halogens is 1. The van der Waals surface area contributed by atoms with Crippen LogP contribution in [-0.2, 0) is 4.79 Å². The SMILES string of the molecule is C=CCN1C(=O)N/C(=C/c2cc(Cl)c(OC)c(OC)c2)C1=O. The minimum Gasteiger partial charge on any atom is -0.493 e. The van der Waals surface area contributed by atoms with E-state index in [4.69, 9.17) is 21.1 Å². The molecule has 3 amide bonds. The number of hydrogen-bond acceptors (Lipinski definition) is 4. The highest BCUT2D eigenvalue weighted by molar-refractivity contribution is 6.32. The predicted molar refractivity (Wildman–Crippen MR) is 83.0 cm³/mol. The topological polar surface area (TPSA) is 67.9 Å². The molecule has 1 aromatic carbocycles. The minimum atomic E-state index is -0.484. The van der Waals surface area contributed by atoms with Crippen molar-refractivity contribution in [2.75, 3.05) is 20.8 Å². The molecule has 1 aliphatic rings. The van der Waals surface area contributed by atoms with Crippen molar-refractivity contribution < 1.29 is 19.1 Å². The fourth-order valence-corrected chi connectivity index (χ4v) is 2.35. The molecule has 2 rings (SSSR count). The molecule has 1 saturated heterocycles. The first-order valence-electron chi connectivity index (χ1n) is 6.38. The summed E-state index contributed by atoms with van der Waals surface area (Å²) in [5.41, 5.74) is 0.766. The third-order valence-corrected chi connectivity index (χ3v) is 3.32. The maximum atomic E-state index is 12.1. The maximum Gasteiger partial charge on any atom is 0.329 e. The fourth-order valence-electron chi connectivity index (χ4n) is 2.05. The zero-order valence-corrected chi connectivity index (χ0v) is 12.9. The van der Waals surface area contributed by atoms with E-state index in [1.165, 1.54) is 26.4 Å². The van der Waals surface area contributed by atoms with Crippen LogP contribution in [0, 0.1) is 0 Å². The number of carbonyl (C=O) groups is 2. The van der Waals surface area contributed by atoms with Gasteiger partial charge < -0.3 is 14.8 Å². The molecule has 0 spiro atoms. The van der Waals surface area contributed by atoms with Crippen LogP contribution in [-0.4, -0.2) is 37.6 Å². The summed E-state index contributed by atoms with van der Waals surface area (Å²) in [6.07, 6.45) is 3.00. The van der Waals surface area contributed by atoms with Gasteiger partial charge in [-0.05, 0) is 23.8 Å². The standard InChI is InChI=1S/C15H15ClN2O4/c1-4-5-18-14(19)11(17-15(18)20)7-9-6-10(16)13(22-3)12(8-9)21-2/h4,6-8H,1,5H2,2-3H3,(H,17,20)/b11-7+. The monoisotopic (exact) mass is 322 g/mol. The van der Waals surface area contributed by atoms with Crippen molar-refractivity contribution in [2.45, 2.75) is 0 Å². The molecule has 0 saturated carbocycles. The second-order valence-electron chi connectivity index (χ2n) is 4.43. The van der Waals surface area contributed by atoms with Gasteiger partial charge in [0.2, 0.25) is 0 Å². The molecular weight excluding hydrogens is 308 g/mol. The van der Waals surface area contributed by atoms with Gasteiger partial charge in [-0.3, -0.25) is 9.69 Å². The van der Waals surface area contributed by atoms with E-state index in [1.807, 2.05) is 0 Å². The summed E-state index contributed by atoms with van der Waals surface area (Å²) >= 11 is 6.11. The quantitative estimate of drug-likeness (QED) is 0.513. The van der Waals surface area contributed by atoms with Crippen molar-refractivity contribution in [3.05, 3.63) is 41.1 Å². The number of hydrogen-bond donors (Lipinski definition) is 1. The number of methoxy groups -OCH3 is 2. The van der Waals surface area contributed by atoms with E-state index in [2.05, 4.69) is 11.9 Å². The lowest BCUT2D eigenvalue weighted by Crippen LogP contribution is -2.30. The largest absolute Gasteiger partial charge is 0.493 e. The molecule has 0 bridgehead atoms. The van der Waals surface area contributed by atoms with Crippen LogP contribution >= 0.6 is 11.6 Å². The first-order chi connectivity index (χ1) is 10.5. The van der Waals surface area contributed by atoms with Crippen molar-refractivity contribution in [1.29, 1.82) is 0 Å². The Labute approximate surface area is 132 Å². The van der Waals surface area contributed by atoms with Gasteiger partial charge in [0.05, 0.1) is 19.2 Å². The molecule has 22 heavy (non-hydrogen) atoms. The molecule has 1 aliphatic heterocycles. The van der Waals surface area contributed by atoms with E-state index >= 15 is 0 Å². The number of carbonyl (C=O) groups excluding carboxylic acids is 2. The highest BCUT2D eigenvalue weighted by Gasteiger charge is 2.32. The van der Waals surface area contributed by atoms with Gasteiger partial charge >= 0.3 is 6.03 Å². The summed E-state index contributed by atoms with van der Waals surface area (Å²) in [6, 6.07) is 2.79. The van der Waals surface area contributed by atoms with Crippen molar-refractivity contribution in [3.63, 3.8) is 0 Å². The first kappa shape index (κ1) is 15.9. The molecule has 0 aliphatic carbocycles. The van der Waals surface area contributed by atoms with Gasteiger partial charge in [-0.1, -0.05) is 17.7 Å². The zero-order valence-electron chi connectivity index (χ0n) is 12.2. The highest BCUT2D eigenvalue weighted by atomic mass is 35.5. The Morgan fingerprint density at radius 2 is 2.05 bits per heavy atom. The average molecular weight is 323 g/mol. The first-order valence-corrected chi connectivity index (χ1v) is 6.76. The summed E-state index contributed by atoms with van der Waals surface area (Å²) < 4.78 is 10.3. The van der Waals surface area contributed by atoms with Crippen LogP contribution in [0.2, 0.25) is 5.02 Å². The summed E-state index contributed by atoms with van der Waals surface area (Å²) in [6.45, 7) is 3.66. The Kier molecular flexibility index (Phi) is 4.72. The highest BCUT2D eigenvalue weighted by Crippen LogP contribution is 2.36. The zero-order chi connectivity index (χ0) is 16.3. The molecule has 0 radical (unpaired) electrons. The van der Waals surface area contributed by atoms with Crippen LogP contribution < -0.4 is 14.8 Å². The maximum absolute atomic E-state index is 12.1. The molecule has 1 fully saturated rings. The van der Waals surface area contributed by atoms with Crippen LogP contribution in [0.3, 0.4) is 0 Å². The van der Waals surface area contributed by atoms with Gasteiger partial charge in [0, 0.05) is 6.54 Å². The molecular formula is C15H15ClN2O4. The molecule has 0 aromatic heterocycles. The van der Waals surface area contributed by atoms with Crippen molar-refractivity contribution in [3.8, 4) is 11.5 Å². The number of ether oxygens (including phenoxy) is 2. The minimum absolute atomic E-state index is 0.148. The van der Waals surface area contributed by atoms with Gasteiger partial charge in [0.25, 0.3) is 5.91 Å². The lowest BCUT2D eigenvalue weighted by Gasteiger charge is -2.10. The fraction of sp³-hybridized carbons (Fsp3) is 0.200. The summed E-state index contributed by atoms with van der Waals surface area (Å²) in [5.74, 6) is 0.416. The number of amides is 3. The second-order valence-corrected chi connectivity index (χ2v) is 4.84. The lowest BCUT2D eigenvalue weighted by molar-refractivity contribution is -0.122. The second kappa shape index (κ2) is 6.53. The Hall–Kier alpha value is -2.47. The van der Waals surface area contributed by atoms with E-state index in [0.29, 0.717) is 22.1 Å². The van der Waals surface area contributed by atoms with Gasteiger partial charge in [-0.15, -0.1) is 6.58 Å². The van der Waals surface area contributed by atoms with Crippen LogP contribution in [0.5, 0.6) is 11.5 Å². The number of nitrogens with zero attached hydrogens (tertiary/aromatic N) is 1. The third kappa shape index (κ3) is 2.92. The number of benzene rings is 1. The molecule has 0 atom stereocenters. The van der Waals surface area contributed by atoms with Crippen LogP contribution in [0.1, 0.15) is 5.56 Å². The van der Waals surface area contributed by atoms with Crippen molar-refractivity contribution >= 4 is 29.6 Å². The molecule has 1 heterocycles. The Balaban J connectivity index is 2.38. The molecule has 0 unspecified atom stereocenters. The molecule has 7 heteroatoms. The molecule has 6 nitrogen and oxygen atoms in total. The van der Waals surface area contributed by atoms with Crippen molar-refractivity contribution in [2.24, 2.45) is 0 Å². The van der Waals surface area contributed by atoms with Gasteiger partial charge in [0.1, 0.15) is 5.70 Å². The molecule has 116 valence electrons. The molecule has 1 N–H and O–H groups in total. The normalized spacial score (nSPS) is 16.0. The van der Waals surface area contributed by atoms with E-state index in [-0.39, 0.29) is 12.2 Å². The number of urea groups is 1. The summed E-state index contributed by atoms with van der Waals surface area (Å²) in [7, 11) is 2.97. The van der Waals surface area contributed by atoms with E-state index in [0.717, 1.165) is 4.90 Å². The summed E-state index contributed by atoms with van der Waals surface area (Å²) in [5, 5.41) is 2.85. The number of imide groups is 1. The predicted octanol–water partition coefficient (Wildman–Crippen LogP) is 2.44. The Bertz CT molecular complexity index is 670. The number of rotatable bonds is 5. The van der Waals surface area contributed by atoms with Gasteiger partial charge in [-0.2, -0.15) is 0 Å². The lowest BCUT2D eigenvalue weighted by atomic mass is 10.1. The van der Waals surface area contributed by atoms with Crippen LogP contribution in [0.15, 0.2) is 30.5 Å². The van der Waals surface area contributed by atoms with E-state index in [1.54, 1.807) is 12.1 Å². The van der Waals surface area contributed by atoms with E-state index < -0.39 is 11.9 Å². The van der Waals surface area contributed by atoms with Gasteiger partial charge in [0.15, 0.2) is 11.5 Å². The Morgan fingerprint density at radius 1 is 1.32 bits per heavy atom. The third-order valence-electron chi connectivity index (χ3n) is 3.04. The smallest absolute Gasteiger partial charge is 0.329 e. The number of nitrogens with one attached hydrogen (secondary N) is 1. The summed E-state index contributed by atoms with van der Waals surface area (Å²) in [4.78, 5) is 24.9. The Morgan fingerprint density at radius 3 is 2.64 bits per heavy atom. The van der Waals surface area contributed by atoms with Crippen LogP contribution in [0.4, 0.5) is 4.79 Å². The average Bonchev–Trinajstić information content (AvgIpc) is 2.74. The molecule has 1 aromatic rings. The van der Waals surface area contributed by atoms with Crippen LogP contribution in [0.25, 0.3) is 6.08 Å². The van der Waals surface area contributed by atoms with Crippen molar-refractivity contribution in [1.82, 2.24) is 10.2 Å². The van der Waals surface area contributed by atoms with Gasteiger partial charge in [-0.25, -0.2) is 4.79 Å².